The van der Waals surface area contributed by atoms with Crippen molar-refractivity contribution in [2.75, 3.05) is 6.54 Å². The molecule has 0 aliphatic heterocycles. The average Bonchev–Trinajstić information content (AvgIpc) is 2.71. The van der Waals surface area contributed by atoms with Gasteiger partial charge in [0.05, 0.1) is 0 Å². The van der Waals surface area contributed by atoms with Gasteiger partial charge in [0.25, 0.3) is 0 Å². The summed E-state index contributed by atoms with van der Waals surface area (Å²) in [6.07, 6.45) is 1.11. The molecule has 0 radical (unpaired) electrons. The van der Waals surface area contributed by atoms with E-state index in [9.17, 15) is 0 Å². The molecule has 0 spiro atoms. The Labute approximate surface area is 114 Å². The summed E-state index contributed by atoms with van der Waals surface area (Å²) in [6, 6.07) is 9.24. The predicted molar refractivity (Wildman–Crippen MR) is 82.4 cm³/mol. The molecule has 2 aromatic rings. The van der Waals surface area contributed by atoms with Gasteiger partial charge < -0.3 is 5.32 Å². The smallest absolute Gasteiger partial charge is 0.0345 e. The fraction of sp³-hybridized carbons (Fsp3) is 0.500. The highest BCUT2D eigenvalue weighted by molar-refractivity contribution is 7.17. The third-order valence-corrected chi connectivity index (χ3v) is 4.49. The van der Waals surface area contributed by atoms with E-state index in [-0.39, 0.29) is 0 Å². The number of likely N-dealkylation sites (N-methyl/N-ethyl adjacent to an activating group) is 1. The van der Waals surface area contributed by atoms with E-state index in [1.807, 2.05) is 11.3 Å². The Kier molecular flexibility index (Phi) is 4.08. The van der Waals surface area contributed by atoms with Crippen molar-refractivity contribution in [3.63, 3.8) is 0 Å². The highest BCUT2D eigenvalue weighted by Gasteiger charge is 2.24. The van der Waals surface area contributed by atoms with Crippen LogP contribution in [0.1, 0.15) is 33.3 Å². The van der Waals surface area contributed by atoms with Crippen LogP contribution in [0.5, 0.6) is 0 Å². The number of benzene rings is 1. The topological polar surface area (TPSA) is 12.0 Å². The number of hydrogen-bond acceptors (Lipinski definition) is 2. The van der Waals surface area contributed by atoms with Crippen LogP contribution in [-0.2, 0) is 6.42 Å². The fourth-order valence-electron chi connectivity index (χ4n) is 2.34. The Morgan fingerprint density at radius 2 is 1.94 bits per heavy atom. The van der Waals surface area contributed by atoms with Gasteiger partial charge in [-0.1, -0.05) is 45.9 Å². The maximum absolute atomic E-state index is 3.63. The van der Waals surface area contributed by atoms with Crippen LogP contribution in [0.25, 0.3) is 10.1 Å². The molecule has 0 aliphatic rings. The molecule has 2 heteroatoms. The molecule has 1 aromatic carbocycles. The molecule has 1 unspecified atom stereocenters. The van der Waals surface area contributed by atoms with Gasteiger partial charge in [-0.25, -0.2) is 0 Å². The molecule has 0 amide bonds. The SMILES string of the molecule is CCNC(Cc1csc2ccccc12)C(C)(C)C. The van der Waals surface area contributed by atoms with Crippen molar-refractivity contribution in [3.8, 4) is 0 Å². The van der Waals surface area contributed by atoms with Gasteiger partial charge in [-0.15, -0.1) is 11.3 Å². The zero-order chi connectivity index (χ0) is 13.2. The molecule has 2 rings (SSSR count). The van der Waals surface area contributed by atoms with Crippen molar-refractivity contribution in [2.45, 2.75) is 40.2 Å². The molecule has 1 N–H and O–H groups in total. The normalized spacial score (nSPS) is 14.0. The van der Waals surface area contributed by atoms with Crippen LogP contribution >= 0.6 is 11.3 Å². The summed E-state index contributed by atoms with van der Waals surface area (Å²) in [5, 5.41) is 7.38. The first kappa shape index (κ1) is 13.6. The van der Waals surface area contributed by atoms with Gasteiger partial charge in [-0.2, -0.15) is 0 Å². The van der Waals surface area contributed by atoms with Gasteiger partial charge in [0.2, 0.25) is 0 Å². The van der Waals surface area contributed by atoms with Gasteiger partial charge in [0, 0.05) is 10.7 Å². The highest BCUT2D eigenvalue weighted by Crippen LogP contribution is 2.30. The fourth-order valence-corrected chi connectivity index (χ4v) is 3.32. The second-order valence-electron chi connectivity index (χ2n) is 5.94. The Balaban J connectivity index is 2.26. The van der Waals surface area contributed by atoms with Gasteiger partial charge in [-0.05, 0) is 40.8 Å². The predicted octanol–water partition coefficient (Wildman–Crippen LogP) is 4.47. The molecule has 98 valence electrons. The molecule has 1 aromatic heterocycles. The van der Waals surface area contributed by atoms with Crippen LogP contribution in [0.4, 0.5) is 0 Å². The monoisotopic (exact) mass is 261 g/mol. The van der Waals surface area contributed by atoms with Crippen molar-refractivity contribution in [1.82, 2.24) is 5.32 Å². The second kappa shape index (κ2) is 5.41. The molecule has 0 fully saturated rings. The Morgan fingerprint density at radius 3 is 2.61 bits per heavy atom. The summed E-state index contributed by atoms with van der Waals surface area (Å²) in [5.74, 6) is 0. The van der Waals surface area contributed by atoms with E-state index >= 15 is 0 Å². The van der Waals surface area contributed by atoms with Gasteiger partial charge in [-0.3, -0.25) is 0 Å². The zero-order valence-electron chi connectivity index (χ0n) is 11.8. The van der Waals surface area contributed by atoms with Crippen LogP contribution in [0.3, 0.4) is 0 Å². The first-order valence-corrected chi connectivity index (χ1v) is 7.59. The van der Waals surface area contributed by atoms with Crippen LogP contribution in [0.2, 0.25) is 0 Å². The lowest BCUT2D eigenvalue weighted by Gasteiger charge is -2.31. The number of hydrogen-bond donors (Lipinski definition) is 1. The lowest BCUT2D eigenvalue weighted by Crippen LogP contribution is -2.41. The summed E-state index contributed by atoms with van der Waals surface area (Å²) in [7, 11) is 0. The number of rotatable bonds is 4. The van der Waals surface area contributed by atoms with Crippen molar-refractivity contribution in [2.24, 2.45) is 5.41 Å². The molecule has 0 aliphatic carbocycles. The second-order valence-corrected chi connectivity index (χ2v) is 6.85. The van der Waals surface area contributed by atoms with E-state index in [4.69, 9.17) is 0 Å². The zero-order valence-corrected chi connectivity index (χ0v) is 12.6. The number of thiophene rings is 1. The summed E-state index contributed by atoms with van der Waals surface area (Å²) < 4.78 is 1.40. The molecule has 1 nitrogen and oxygen atoms in total. The third-order valence-electron chi connectivity index (χ3n) is 3.48. The van der Waals surface area contributed by atoms with Crippen LogP contribution in [0, 0.1) is 5.41 Å². The van der Waals surface area contributed by atoms with Gasteiger partial charge in [0.15, 0.2) is 0 Å². The van der Waals surface area contributed by atoms with E-state index in [1.165, 1.54) is 15.6 Å². The van der Waals surface area contributed by atoms with E-state index in [2.05, 4.69) is 62.7 Å². The molecule has 0 bridgehead atoms. The molecular weight excluding hydrogens is 238 g/mol. The Morgan fingerprint density at radius 1 is 1.22 bits per heavy atom. The molecule has 0 saturated carbocycles. The first-order chi connectivity index (χ1) is 8.52. The summed E-state index contributed by atoms with van der Waals surface area (Å²) in [4.78, 5) is 0. The lowest BCUT2D eigenvalue weighted by molar-refractivity contribution is 0.270. The Hall–Kier alpha value is -0.860. The summed E-state index contributed by atoms with van der Waals surface area (Å²) >= 11 is 1.86. The van der Waals surface area contributed by atoms with E-state index in [0.29, 0.717) is 11.5 Å². The largest absolute Gasteiger partial charge is 0.313 e. The molecule has 1 heterocycles. The van der Waals surface area contributed by atoms with Gasteiger partial charge in [0.1, 0.15) is 0 Å². The summed E-state index contributed by atoms with van der Waals surface area (Å²) in [6.45, 7) is 10.2. The molecular formula is C16H23NS. The third kappa shape index (κ3) is 2.93. The van der Waals surface area contributed by atoms with Crippen molar-refractivity contribution >= 4 is 21.4 Å². The minimum atomic E-state index is 0.291. The van der Waals surface area contributed by atoms with Crippen LogP contribution in [0.15, 0.2) is 29.6 Å². The first-order valence-electron chi connectivity index (χ1n) is 6.71. The number of fused-ring (bicyclic) bond motifs is 1. The lowest BCUT2D eigenvalue weighted by atomic mass is 9.83. The molecule has 1 atom stereocenters. The molecule has 18 heavy (non-hydrogen) atoms. The number of nitrogens with one attached hydrogen (secondary N) is 1. The van der Waals surface area contributed by atoms with E-state index in [0.717, 1.165) is 13.0 Å². The van der Waals surface area contributed by atoms with Gasteiger partial charge >= 0.3 is 0 Å². The highest BCUT2D eigenvalue weighted by atomic mass is 32.1. The van der Waals surface area contributed by atoms with Crippen molar-refractivity contribution < 1.29 is 0 Å². The average molecular weight is 261 g/mol. The quantitative estimate of drug-likeness (QED) is 0.856. The maximum atomic E-state index is 3.63. The molecule has 0 saturated heterocycles. The summed E-state index contributed by atoms with van der Waals surface area (Å²) in [5.41, 5.74) is 1.77. The minimum absolute atomic E-state index is 0.291. The van der Waals surface area contributed by atoms with Crippen LogP contribution in [-0.4, -0.2) is 12.6 Å². The van der Waals surface area contributed by atoms with Crippen molar-refractivity contribution in [3.05, 3.63) is 35.2 Å². The van der Waals surface area contributed by atoms with Crippen LogP contribution < -0.4 is 5.32 Å². The Bertz CT molecular complexity index is 507. The van der Waals surface area contributed by atoms with E-state index < -0.39 is 0 Å². The van der Waals surface area contributed by atoms with Crippen molar-refractivity contribution in [1.29, 1.82) is 0 Å². The van der Waals surface area contributed by atoms with E-state index in [1.54, 1.807) is 0 Å². The maximum Gasteiger partial charge on any atom is 0.0345 e. The minimum Gasteiger partial charge on any atom is -0.313 e. The standard InChI is InChI=1S/C16H23NS/c1-5-17-15(16(2,3)4)10-12-11-18-14-9-7-6-8-13(12)14/h6-9,11,15,17H,5,10H2,1-4H3.